The van der Waals surface area contributed by atoms with Crippen LogP contribution in [0.2, 0.25) is 0 Å². The van der Waals surface area contributed by atoms with Crippen molar-refractivity contribution in [3.8, 4) is 78.9 Å². The molecule has 5 heteroatoms. The summed E-state index contributed by atoms with van der Waals surface area (Å²) in [4.78, 5) is 24.3. The van der Waals surface area contributed by atoms with Crippen molar-refractivity contribution in [2.45, 2.75) is 6.92 Å². The molecule has 0 aliphatic rings. The second-order valence-electron chi connectivity index (χ2n) is 11.8. The molecule has 0 amide bonds. The second-order valence-corrected chi connectivity index (χ2v) is 11.8. The van der Waals surface area contributed by atoms with Gasteiger partial charge in [0.1, 0.15) is 5.82 Å². The van der Waals surface area contributed by atoms with E-state index in [4.69, 9.17) is 15.0 Å². The van der Waals surface area contributed by atoms with Gasteiger partial charge in [-0.3, -0.25) is 0 Å². The summed E-state index contributed by atoms with van der Waals surface area (Å²) in [6.45, 7) is 1.91. The van der Waals surface area contributed by atoms with Crippen molar-refractivity contribution < 1.29 is 0 Å². The molecule has 0 saturated heterocycles. The standard InChI is InChI=1S/C44H31N5/c1-30-45-42(34-17-9-4-10-18-34)49-44(46-30)39-22-12-20-37(28-39)36-19-11-21-38(27-36)41-29-40(33-15-7-3-8-16-33)47-43(48-41)35-25-23-32(24-26-35)31-13-5-2-6-14-31/h2-29H,1H3. The van der Waals surface area contributed by atoms with E-state index in [1.54, 1.807) is 0 Å². The molecule has 0 aliphatic heterocycles. The van der Waals surface area contributed by atoms with Crippen LogP contribution < -0.4 is 0 Å². The van der Waals surface area contributed by atoms with Gasteiger partial charge < -0.3 is 0 Å². The lowest BCUT2D eigenvalue weighted by Gasteiger charge is -2.12. The average Bonchev–Trinajstić information content (AvgIpc) is 3.19. The van der Waals surface area contributed by atoms with Crippen LogP contribution >= 0.6 is 0 Å². The molecule has 0 saturated carbocycles. The molecule has 0 radical (unpaired) electrons. The van der Waals surface area contributed by atoms with Gasteiger partial charge in [-0.05, 0) is 47.4 Å². The Balaban J connectivity index is 1.17. The highest BCUT2D eigenvalue weighted by atomic mass is 15.0. The van der Waals surface area contributed by atoms with E-state index in [1.807, 2.05) is 73.7 Å². The Labute approximate surface area is 285 Å². The Morgan fingerprint density at radius 1 is 0.265 bits per heavy atom. The summed E-state index contributed by atoms with van der Waals surface area (Å²) in [7, 11) is 0. The Morgan fingerprint density at radius 2 is 0.653 bits per heavy atom. The molecule has 0 atom stereocenters. The van der Waals surface area contributed by atoms with Gasteiger partial charge in [-0.25, -0.2) is 24.9 Å². The fourth-order valence-electron chi connectivity index (χ4n) is 5.95. The van der Waals surface area contributed by atoms with Crippen molar-refractivity contribution in [3.05, 3.63) is 176 Å². The van der Waals surface area contributed by atoms with E-state index in [-0.39, 0.29) is 0 Å². The van der Waals surface area contributed by atoms with Crippen LogP contribution in [0.15, 0.2) is 170 Å². The summed E-state index contributed by atoms with van der Waals surface area (Å²) in [5, 5.41) is 0. The number of hydrogen-bond acceptors (Lipinski definition) is 5. The Morgan fingerprint density at radius 3 is 1.29 bits per heavy atom. The van der Waals surface area contributed by atoms with E-state index in [9.17, 15) is 0 Å². The van der Waals surface area contributed by atoms with Crippen LogP contribution in [0.4, 0.5) is 0 Å². The molecule has 0 N–H and O–H groups in total. The zero-order valence-corrected chi connectivity index (χ0v) is 26.9. The molecule has 8 rings (SSSR count). The third-order valence-electron chi connectivity index (χ3n) is 8.44. The molecule has 0 bridgehead atoms. The van der Waals surface area contributed by atoms with Gasteiger partial charge in [0.25, 0.3) is 0 Å². The first-order valence-corrected chi connectivity index (χ1v) is 16.3. The maximum Gasteiger partial charge on any atom is 0.163 e. The maximum atomic E-state index is 5.11. The molecule has 6 aromatic carbocycles. The number of nitrogens with zero attached hydrogens (tertiary/aromatic N) is 5. The lowest BCUT2D eigenvalue weighted by molar-refractivity contribution is 0.992. The summed E-state index contributed by atoms with van der Waals surface area (Å²) in [6.07, 6.45) is 0. The minimum atomic E-state index is 0.649. The molecule has 49 heavy (non-hydrogen) atoms. The molecule has 232 valence electrons. The molecule has 0 aliphatic carbocycles. The highest BCUT2D eigenvalue weighted by Crippen LogP contribution is 2.32. The smallest absolute Gasteiger partial charge is 0.163 e. The minimum Gasteiger partial charge on any atom is -0.228 e. The first-order chi connectivity index (χ1) is 24.2. The maximum absolute atomic E-state index is 5.11. The van der Waals surface area contributed by atoms with Gasteiger partial charge >= 0.3 is 0 Å². The lowest BCUT2D eigenvalue weighted by atomic mass is 9.99. The van der Waals surface area contributed by atoms with Crippen LogP contribution in [0.3, 0.4) is 0 Å². The Hall–Kier alpha value is -6.59. The van der Waals surface area contributed by atoms with Gasteiger partial charge in [-0.1, -0.05) is 152 Å². The predicted molar refractivity (Wildman–Crippen MR) is 198 cm³/mol. The lowest BCUT2D eigenvalue weighted by Crippen LogP contribution is -1.99. The summed E-state index contributed by atoms with van der Waals surface area (Å²) in [5.41, 5.74) is 11.1. The van der Waals surface area contributed by atoms with Crippen LogP contribution in [-0.4, -0.2) is 24.9 Å². The minimum absolute atomic E-state index is 0.649. The molecule has 0 unspecified atom stereocenters. The van der Waals surface area contributed by atoms with Crippen molar-refractivity contribution >= 4 is 0 Å². The van der Waals surface area contributed by atoms with Gasteiger partial charge in [0.15, 0.2) is 17.5 Å². The fraction of sp³-hybridized carbons (Fsp3) is 0.0227. The predicted octanol–water partition coefficient (Wildman–Crippen LogP) is 10.6. The molecular weight excluding hydrogens is 599 g/mol. The van der Waals surface area contributed by atoms with Crippen LogP contribution in [-0.2, 0) is 0 Å². The first-order valence-electron chi connectivity index (χ1n) is 16.3. The van der Waals surface area contributed by atoms with Crippen LogP contribution in [0, 0.1) is 6.92 Å². The highest BCUT2D eigenvalue weighted by Gasteiger charge is 2.13. The number of rotatable bonds is 7. The van der Waals surface area contributed by atoms with E-state index >= 15 is 0 Å². The van der Waals surface area contributed by atoms with Crippen molar-refractivity contribution in [1.82, 2.24) is 24.9 Å². The Kier molecular flexibility index (Phi) is 8.06. The average molecular weight is 630 g/mol. The van der Waals surface area contributed by atoms with Gasteiger partial charge in [-0.2, -0.15) is 0 Å². The molecule has 8 aromatic rings. The third-order valence-corrected chi connectivity index (χ3v) is 8.44. The van der Waals surface area contributed by atoms with Crippen molar-refractivity contribution in [3.63, 3.8) is 0 Å². The van der Waals surface area contributed by atoms with Gasteiger partial charge in [-0.15, -0.1) is 0 Å². The monoisotopic (exact) mass is 629 g/mol. The third kappa shape index (κ3) is 6.51. The summed E-state index contributed by atoms with van der Waals surface area (Å²) in [5.74, 6) is 2.68. The van der Waals surface area contributed by atoms with Crippen molar-refractivity contribution in [2.75, 3.05) is 0 Å². The van der Waals surface area contributed by atoms with Gasteiger partial charge in [0.2, 0.25) is 0 Å². The van der Waals surface area contributed by atoms with E-state index in [0.717, 1.165) is 55.9 Å². The van der Waals surface area contributed by atoms with Gasteiger partial charge in [0, 0.05) is 27.8 Å². The van der Waals surface area contributed by atoms with Crippen molar-refractivity contribution in [2.24, 2.45) is 0 Å². The Bertz CT molecular complexity index is 2370. The number of hydrogen-bond donors (Lipinski definition) is 0. The van der Waals surface area contributed by atoms with E-state index in [2.05, 4.69) is 113 Å². The van der Waals surface area contributed by atoms with Crippen LogP contribution in [0.25, 0.3) is 78.9 Å². The largest absolute Gasteiger partial charge is 0.228 e. The number of aromatic nitrogens is 5. The first kappa shape index (κ1) is 29.8. The molecule has 2 aromatic heterocycles. The molecule has 0 spiro atoms. The molecule has 0 fully saturated rings. The summed E-state index contributed by atoms with van der Waals surface area (Å²) < 4.78 is 0. The fourth-order valence-corrected chi connectivity index (χ4v) is 5.95. The topological polar surface area (TPSA) is 64.5 Å². The van der Waals surface area contributed by atoms with Gasteiger partial charge in [0.05, 0.1) is 11.4 Å². The quantitative estimate of drug-likeness (QED) is 0.175. The van der Waals surface area contributed by atoms with E-state index < -0.39 is 0 Å². The van der Waals surface area contributed by atoms with Crippen LogP contribution in [0.5, 0.6) is 0 Å². The zero-order valence-electron chi connectivity index (χ0n) is 26.9. The number of benzene rings is 6. The normalized spacial score (nSPS) is 11.0. The highest BCUT2D eigenvalue weighted by molar-refractivity contribution is 5.78. The molecule has 5 nitrogen and oxygen atoms in total. The number of aryl methyl sites for hydroxylation is 1. The van der Waals surface area contributed by atoms with Crippen LogP contribution in [0.1, 0.15) is 5.82 Å². The summed E-state index contributed by atoms with van der Waals surface area (Å²) in [6, 6.07) is 58.0. The van der Waals surface area contributed by atoms with E-state index in [1.165, 1.54) is 5.56 Å². The van der Waals surface area contributed by atoms with E-state index in [0.29, 0.717) is 23.3 Å². The zero-order chi connectivity index (χ0) is 33.0. The SMILES string of the molecule is Cc1nc(-c2ccccc2)nc(-c2cccc(-c3cccc(-c4cc(-c5ccccc5)nc(-c5ccc(-c6ccccc6)cc5)n4)c3)c2)n1. The second kappa shape index (κ2) is 13.3. The summed E-state index contributed by atoms with van der Waals surface area (Å²) >= 11 is 0. The molecular formula is C44H31N5. The van der Waals surface area contributed by atoms with Crippen molar-refractivity contribution in [1.29, 1.82) is 0 Å². The molecule has 2 heterocycles.